The van der Waals surface area contributed by atoms with Crippen LogP contribution in [0.1, 0.15) is 104 Å². The number of likely N-dealkylation sites (N-methyl/N-ethyl adjacent to an activating group) is 1. The van der Waals surface area contributed by atoms with E-state index in [4.69, 9.17) is 0 Å². The average Bonchev–Trinajstić information content (AvgIpc) is 2.50. The van der Waals surface area contributed by atoms with E-state index in [0.717, 1.165) is 6.42 Å². The highest BCUT2D eigenvalue weighted by atomic mass is 16.3. The lowest BCUT2D eigenvalue weighted by Crippen LogP contribution is -2.36. The lowest BCUT2D eigenvalue weighted by atomic mass is 10.0. The van der Waals surface area contributed by atoms with Crippen LogP contribution in [0.4, 0.5) is 0 Å². The summed E-state index contributed by atoms with van der Waals surface area (Å²) in [7, 11) is 4.08. The van der Waals surface area contributed by atoms with Gasteiger partial charge in [0.25, 0.3) is 0 Å². The van der Waals surface area contributed by atoms with Gasteiger partial charge in [0.2, 0.25) is 0 Å². The van der Waals surface area contributed by atoms with Crippen LogP contribution in [0.3, 0.4) is 0 Å². The molecule has 0 aromatic carbocycles. The van der Waals surface area contributed by atoms with Gasteiger partial charge in [0.05, 0.1) is 6.10 Å². The summed E-state index contributed by atoms with van der Waals surface area (Å²) in [4.78, 5) is 2.10. The van der Waals surface area contributed by atoms with Crippen molar-refractivity contribution in [2.45, 2.75) is 116 Å². The van der Waals surface area contributed by atoms with Gasteiger partial charge in [0.1, 0.15) is 0 Å². The molecule has 0 aliphatic heterocycles. The summed E-state index contributed by atoms with van der Waals surface area (Å²) in [5.41, 5.74) is 0. The van der Waals surface area contributed by atoms with E-state index in [9.17, 15) is 5.11 Å². The lowest BCUT2D eigenvalue weighted by molar-refractivity contribution is 0.0764. The summed E-state index contributed by atoms with van der Waals surface area (Å²) in [6.07, 6.45) is 18.8. The molecule has 134 valence electrons. The third kappa shape index (κ3) is 13.6. The van der Waals surface area contributed by atoms with Crippen LogP contribution < -0.4 is 0 Å². The molecular formula is C20H43NO. The maximum Gasteiger partial charge on any atom is 0.0692 e. The minimum atomic E-state index is -0.164. The second-order valence-corrected chi connectivity index (χ2v) is 7.30. The van der Waals surface area contributed by atoms with Crippen LogP contribution in [0.15, 0.2) is 0 Å². The van der Waals surface area contributed by atoms with Crippen molar-refractivity contribution in [3.63, 3.8) is 0 Å². The number of aliphatic hydroxyl groups excluding tert-OH is 1. The van der Waals surface area contributed by atoms with Crippen LogP contribution in [0.25, 0.3) is 0 Å². The Labute approximate surface area is 140 Å². The van der Waals surface area contributed by atoms with E-state index in [0.29, 0.717) is 0 Å². The highest BCUT2D eigenvalue weighted by molar-refractivity contribution is 4.70. The quantitative estimate of drug-likeness (QED) is 0.365. The van der Waals surface area contributed by atoms with Gasteiger partial charge in [-0.05, 0) is 27.4 Å². The van der Waals surface area contributed by atoms with Crippen molar-refractivity contribution in [3.8, 4) is 0 Å². The van der Waals surface area contributed by atoms with Gasteiger partial charge in [-0.3, -0.25) is 0 Å². The van der Waals surface area contributed by atoms with Crippen molar-refractivity contribution in [2.75, 3.05) is 14.1 Å². The molecule has 0 aliphatic rings. The molecule has 0 spiro atoms. The zero-order valence-electron chi connectivity index (χ0n) is 15.9. The predicted octanol–water partition coefficient (Wildman–Crippen LogP) is 5.78. The highest BCUT2D eigenvalue weighted by Gasteiger charge is 2.14. The molecule has 0 radical (unpaired) electrons. The summed E-state index contributed by atoms with van der Waals surface area (Å²) in [5, 5.41) is 10.0. The molecule has 0 rings (SSSR count). The Hall–Kier alpha value is -0.0800. The maximum atomic E-state index is 10.0. The Morgan fingerprint density at radius 2 is 1.05 bits per heavy atom. The highest BCUT2D eigenvalue weighted by Crippen LogP contribution is 2.14. The number of rotatable bonds is 16. The van der Waals surface area contributed by atoms with E-state index >= 15 is 0 Å². The van der Waals surface area contributed by atoms with Gasteiger partial charge in [0.15, 0.2) is 0 Å². The zero-order valence-corrected chi connectivity index (χ0v) is 15.9. The molecule has 0 fully saturated rings. The second-order valence-electron chi connectivity index (χ2n) is 7.30. The van der Waals surface area contributed by atoms with E-state index in [1.165, 1.54) is 83.5 Å². The van der Waals surface area contributed by atoms with Gasteiger partial charge >= 0.3 is 0 Å². The van der Waals surface area contributed by atoms with Crippen molar-refractivity contribution < 1.29 is 5.11 Å². The average molecular weight is 314 g/mol. The van der Waals surface area contributed by atoms with Crippen LogP contribution in [-0.2, 0) is 0 Å². The fourth-order valence-electron chi connectivity index (χ4n) is 2.96. The summed E-state index contributed by atoms with van der Waals surface area (Å²) >= 11 is 0. The van der Waals surface area contributed by atoms with Gasteiger partial charge < -0.3 is 10.0 Å². The van der Waals surface area contributed by atoms with Gasteiger partial charge in [0, 0.05) is 6.04 Å². The number of nitrogens with zero attached hydrogens (tertiary/aromatic N) is 1. The number of unbranched alkanes of at least 4 members (excludes halogenated alkanes) is 12. The predicted molar refractivity (Wildman–Crippen MR) is 99.5 cm³/mol. The van der Waals surface area contributed by atoms with Crippen LogP contribution in [-0.4, -0.2) is 36.2 Å². The minimum Gasteiger partial charge on any atom is -0.392 e. The molecule has 0 amide bonds. The van der Waals surface area contributed by atoms with Crippen molar-refractivity contribution in [2.24, 2.45) is 0 Å². The molecule has 2 atom stereocenters. The summed E-state index contributed by atoms with van der Waals surface area (Å²) in [5.74, 6) is 0. The molecule has 0 unspecified atom stereocenters. The van der Waals surface area contributed by atoms with Crippen LogP contribution in [0, 0.1) is 0 Å². The second kappa shape index (κ2) is 15.8. The zero-order chi connectivity index (χ0) is 16.6. The summed E-state index contributed by atoms with van der Waals surface area (Å²) in [6.45, 7) is 4.39. The molecule has 22 heavy (non-hydrogen) atoms. The molecule has 0 heterocycles. The fourth-order valence-corrected chi connectivity index (χ4v) is 2.96. The van der Waals surface area contributed by atoms with Crippen LogP contribution in [0.2, 0.25) is 0 Å². The minimum absolute atomic E-state index is 0.164. The summed E-state index contributed by atoms with van der Waals surface area (Å²) < 4.78 is 0. The first-order valence-corrected chi connectivity index (χ1v) is 9.94. The monoisotopic (exact) mass is 313 g/mol. The van der Waals surface area contributed by atoms with E-state index in [-0.39, 0.29) is 12.1 Å². The van der Waals surface area contributed by atoms with E-state index < -0.39 is 0 Å². The molecule has 1 N–H and O–H groups in total. The topological polar surface area (TPSA) is 23.5 Å². The van der Waals surface area contributed by atoms with Crippen LogP contribution in [0.5, 0.6) is 0 Å². The van der Waals surface area contributed by atoms with Crippen molar-refractivity contribution >= 4 is 0 Å². The summed E-state index contributed by atoms with van der Waals surface area (Å²) in [6, 6.07) is 0.275. The number of hydrogen-bond donors (Lipinski definition) is 1. The molecule has 0 aromatic heterocycles. The molecule has 0 saturated heterocycles. The molecule has 2 heteroatoms. The Morgan fingerprint density at radius 1 is 0.682 bits per heavy atom. The Morgan fingerprint density at radius 3 is 1.41 bits per heavy atom. The molecule has 0 saturated carbocycles. The Balaban J connectivity index is 3.17. The Kier molecular flexibility index (Phi) is 15.7. The normalized spacial score (nSPS) is 14.5. The van der Waals surface area contributed by atoms with Crippen molar-refractivity contribution in [3.05, 3.63) is 0 Å². The Bertz CT molecular complexity index is 218. The largest absolute Gasteiger partial charge is 0.392 e. The smallest absolute Gasteiger partial charge is 0.0692 e. The third-order valence-electron chi connectivity index (χ3n) is 4.97. The SMILES string of the molecule is CCCCCCCCCCCCCCC[C@@H](O)[C@H](C)N(C)C. The van der Waals surface area contributed by atoms with Gasteiger partial charge in [-0.2, -0.15) is 0 Å². The lowest BCUT2D eigenvalue weighted by Gasteiger charge is -2.25. The van der Waals surface area contributed by atoms with Gasteiger partial charge in [-0.25, -0.2) is 0 Å². The van der Waals surface area contributed by atoms with E-state index in [1.807, 2.05) is 14.1 Å². The molecule has 2 nitrogen and oxygen atoms in total. The first kappa shape index (κ1) is 21.9. The first-order chi connectivity index (χ1) is 10.6. The molecule has 0 bridgehead atoms. The molecule has 0 aliphatic carbocycles. The molecule has 0 aromatic rings. The fraction of sp³-hybridized carbons (Fsp3) is 1.00. The van der Waals surface area contributed by atoms with E-state index in [1.54, 1.807) is 0 Å². The maximum absolute atomic E-state index is 10.0. The van der Waals surface area contributed by atoms with Crippen LogP contribution >= 0.6 is 0 Å². The standard InChI is InChI=1S/C20H43NO/c1-5-6-7-8-9-10-11-12-13-14-15-16-17-18-20(22)19(2)21(3)4/h19-20,22H,5-18H2,1-4H3/t19-,20+/m0/s1. The van der Waals surface area contributed by atoms with Crippen molar-refractivity contribution in [1.82, 2.24) is 4.90 Å². The molecular weight excluding hydrogens is 270 g/mol. The van der Waals surface area contributed by atoms with Gasteiger partial charge in [-0.15, -0.1) is 0 Å². The third-order valence-corrected chi connectivity index (χ3v) is 4.97. The van der Waals surface area contributed by atoms with Gasteiger partial charge in [-0.1, -0.05) is 90.4 Å². The number of hydrogen-bond acceptors (Lipinski definition) is 2. The van der Waals surface area contributed by atoms with E-state index in [2.05, 4.69) is 18.7 Å². The first-order valence-electron chi connectivity index (χ1n) is 9.94. The van der Waals surface area contributed by atoms with Crippen molar-refractivity contribution in [1.29, 1.82) is 0 Å². The number of aliphatic hydroxyl groups is 1.